The molecule has 0 saturated carbocycles. The summed E-state index contributed by atoms with van der Waals surface area (Å²) in [5.41, 5.74) is 1.36. The lowest BCUT2D eigenvalue weighted by molar-refractivity contribution is -0.114. The van der Waals surface area contributed by atoms with Gasteiger partial charge in [0.05, 0.1) is 0 Å². The van der Waals surface area contributed by atoms with Gasteiger partial charge in [0, 0.05) is 19.0 Å². The minimum atomic E-state index is 0.270. The van der Waals surface area contributed by atoms with E-state index in [1.54, 1.807) is 0 Å². The Morgan fingerprint density at radius 2 is 2.12 bits per heavy atom. The number of aldehydes is 1. The maximum atomic E-state index is 10.8. The fourth-order valence-corrected chi connectivity index (χ4v) is 2.44. The molecule has 1 aliphatic rings. The van der Waals surface area contributed by atoms with E-state index in [1.165, 1.54) is 5.56 Å². The minimum Gasteiger partial charge on any atom is -0.303 e. The molecular weight excluding hydrogens is 198 g/mol. The zero-order valence-corrected chi connectivity index (χ0v) is 9.80. The van der Waals surface area contributed by atoms with Gasteiger partial charge in [-0.3, -0.25) is 4.90 Å². The summed E-state index contributed by atoms with van der Waals surface area (Å²) in [6, 6.07) is 10.5. The zero-order chi connectivity index (χ0) is 11.4. The number of hydrogen-bond acceptors (Lipinski definition) is 2. The van der Waals surface area contributed by atoms with Gasteiger partial charge in [-0.25, -0.2) is 0 Å². The third-order valence-corrected chi connectivity index (χ3v) is 3.48. The molecule has 1 aromatic rings. The summed E-state index contributed by atoms with van der Waals surface area (Å²) >= 11 is 0. The van der Waals surface area contributed by atoms with Crippen LogP contribution in [0, 0.1) is 11.8 Å². The van der Waals surface area contributed by atoms with Gasteiger partial charge in [-0.15, -0.1) is 0 Å². The third kappa shape index (κ3) is 2.70. The second-order valence-corrected chi connectivity index (χ2v) is 4.79. The summed E-state index contributed by atoms with van der Waals surface area (Å²) in [7, 11) is 0. The molecule has 0 aliphatic carbocycles. The van der Waals surface area contributed by atoms with Gasteiger partial charge < -0.3 is 4.79 Å². The zero-order valence-electron chi connectivity index (χ0n) is 9.80. The van der Waals surface area contributed by atoms with Crippen LogP contribution >= 0.6 is 0 Å². The SMILES string of the molecule is CC1CN(Cc2ccccc2)CCC1C=O. The Labute approximate surface area is 97.3 Å². The van der Waals surface area contributed by atoms with Crippen LogP contribution in [0.5, 0.6) is 0 Å². The molecule has 1 heterocycles. The van der Waals surface area contributed by atoms with Gasteiger partial charge in [-0.05, 0) is 24.4 Å². The maximum Gasteiger partial charge on any atom is 0.123 e. The van der Waals surface area contributed by atoms with E-state index in [1.807, 2.05) is 6.07 Å². The van der Waals surface area contributed by atoms with Gasteiger partial charge in [0.2, 0.25) is 0 Å². The van der Waals surface area contributed by atoms with Crippen LogP contribution in [0.25, 0.3) is 0 Å². The number of carbonyl (C=O) groups excluding carboxylic acids is 1. The summed E-state index contributed by atoms with van der Waals surface area (Å²) < 4.78 is 0. The van der Waals surface area contributed by atoms with Crippen LogP contribution in [0.4, 0.5) is 0 Å². The Balaban J connectivity index is 1.91. The van der Waals surface area contributed by atoms with E-state index in [4.69, 9.17) is 0 Å². The standard InChI is InChI=1S/C14H19NO/c1-12-9-15(8-7-14(12)11-16)10-13-5-3-2-4-6-13/h2-6,11-12,14H,7-10H2,1H3. The highest BCUT2D eigenvalue weighted by molar-refractivity contribution is 5.54. The summed E-state index contributed by atoms with van der Waals surface area (Å²) in [4.78, 5) is 13.3. The molecule has 0 aromatic heterocycles. The van der Waals surface area contributed by atoms with Gasteiger partial charge in [-0.1, -0.05) is 37.3 Å². The summed E-state index contributed by atoms with van der Waals surface area (Å²) in [5, 5.41) is 0. The van der Waals surface area contributed by atoms with Gasteiger partial charge in [-0.2, -0.15) is 0 Å². The number of nitrogens with zero attached hydrogens (tertiary/aromatic N) is 1. The molecule has 0 radical (unpaired) electrons. The molecule has 1 fully saturated rings. The number of hydrogen-bond donors (Lipinski definition) is 0. The molecule has 2 nitrogen and oxygen atoms in total. The molecule has 86 valence electrons. The highest BCUT2D eigenvalue weighted by atomic mass is 16.1. The van der Waals surface area contributed by atoms with Crippen molar-refractivity contribution in [1.82, 2.24) is 4.90 Å². The van der Waals surface area contributed by atoms with Crippen LogP contribution in [-0.4, -0.2) is 24.3 Å². The molecule has 1 aliphatic heterocycles. The molecule has 1 saturated heterocycles. The Bertz CT molecular complexity index is 336. The number of benzene rings is 1. The first-order chi connectivity index (χ1) is 7.79. The number of rotatable bonds is 3. The third-order valence-electron chi connectivity index (χ3n) is 3.48. The molecule has 16 heavy (non-hydrogen) atoms. The first-order valence-electron chi connectivity index (χ1n) is 6.01. The molecule has 2 unspecified atom stereocenters. The molecule has 0 spiro atoms. The Morgan fingerprint density at radius 1 is 1.38 bits per heavy atom. The van der Waals surface area contributed by atoms with E-state index in [-0.39, 0.29) is 5.92 Å². The molecule has 0 amide bonds. The van der Waals surface area contributed by atoms with E-state index in [9.17, 15) is 4.79 Å². The Hall–Kier alpha value is -1.15. The average molecular weight is 217 g/mol. The number of piperidine rings is 1. The number of carbonyl (C=O) groups is 1. The summed E-state index contributed by atoms with van der Waals surface area (Å²) in [6.07, 6.45) is 2.14. The van der Waals surface area contributed by atoms with Crippen LogP contribution in [0.2, 0.25) is 0 Å². The quantitative estimate of drug-likeness (QED) is 0.724. The van der Waals surface area contributed by atoms with Crippen molar-refractivity contribution in [3.8, 4) is 0 Å². The van der Waals surface area contributed by atoms with Crippen molar-refractivity contribution < 1.29 is 4.79 Å². The van der Waals surface area contributed by atoms with E-state index in [2.05, 4.69) is 36.1 Å². The predicted octanol–water partition coefficient (Wildman–Crippen LogP) is 2.34. The number of likely N-dealkylation sites (tertiary alicyclic amines) is 1. The first kappa shape index (κ1) is 11.3. The lowest BCUT2D eigenvalue weighted by atomic mass is 9.88. The smallest absolute Gasteiger partial charge is 0.123 e. The molecule has 2 heteroatoms. The largest absolute Gasteiger partial charge is 0.303 e. The Morgan fingerprint density at radius 3 is 2.75 bits per heavy atom. The van der Waals surface area contributed by atoms with Crippen molar-refractivity contribution in [2.24, 2.45) is 11.8 Å². The van der Waals surface area contributed by atoms with Gasteiger partial charge in [0.25, 0.3) is 0 Å². The van der Waals surface area contributed by atoms with Crippen molar-refractivity contribution >= 4 is 6.29 Å². The monoisotopic (exact) mass is 217 g/mol. The fraction of sp³-hybridized carbons (Fsp3) is 0.500. The van der Waals surface area contributed by atoms with E-state index in [0.29, 0.717) is 5.92 Å². The lowest BCUT2D eigenvalue weighted by Crippen LogP contribution is -2.39. The lowest BCUT2D eigenvalue weighted by Gasteiger charge is -2.34. The highest BCUT2D eigenvalue weighted by Crippen LogP contribution is 2.22. The van der Waals surface area contributed by atoms with Crippen molar-refractivity contribution in [3.63, 3.8) is 0 Å². The molecule has 0 bridgehead atoms. The highest BCUT2D eigenvalue weighted by Gasteiger charge is 2.25. The van der Waals surface area contributed by atoms with E-state index < -0.39 is 0 Å². The van der Waals surface area contributed by atoms with Gasteiger partial charge >= 0.3 is 0 Å². The van der Waals surface area contributed by atoms with Crippen LogP contribution in [0.3, 0.4) is 0 Å². The van der Waals surface area contributed by atoms with Gasteiger partial charge in [0.1, 0.15) is 6.29 Å². The van der Waals surface area contributed by atoms with Crippen LogP contribution in [0.15, 0.2) is 30.3 Å². The van der Waals surface area contributed by atoms with E-state index >= 15 is 0 Å². The Kier molecular flexibility index (Phi) is 3.73. The molecular formula is C14H19NO. The predicted molar refractivity (Wildman–Crippen MR) is 65.1 cm³/mol. The summed E-state index contributed by atoms with van der Waals surface area (Å²) in [6.45, 7) is 5.27. The van der Waals surface area contributed by atoms with Crippen LogP contribution < -0.4 is 0 Å². The molecule has 2 rings (SSSR count). The topological polar surface area (TPSA) is 20.3 Å². The normalized spacial score (nSPS) is 26.6. The molecule has 0 N–H and O–H groups in total. The van der Waals surface area contributed by atoms with Crippen molar-refractivity contribution in [2.45, 2.75) is 19.9 Å². The van der Waals surface area contributed by atoms with E-state index in [0.717, 1.165) is 32.3 Å². The second-order valence-electron chi connectivity index (χ2n) is 4.79. The second kappa shape index (κ2) is 5.26. The average Bonchev–Trinajstić information content (AvgIpc) is 2.31. The van der Waals surface area contributed by atoms with Crippen LogP contribution in [-0.2, 0) is 11.3 Å². The van der Waals surface area contributed by atoms with Crippen molar-refractivity contribution in [1.29, 1.82) is 0 Å². The molecule has 2 atom stereocenters. The van der Waals surface area contributed by atoms with Crippen LogP contribution in [0.1, 0.15) is 18.9 Å². The van der Waals surface area contributed by atoms with Crippen molar-refractivity contribution in [3.05, 3.63) is 35.9 Å². The van der Waals surface area contributed by atoms with Crippen molar-refractivity contribution in [2.75, 3.05) is 13.1 Å². The fourth-order valence-electron chi connectivity index (χ4n) is 2.44. The first-order valence-corrected chi connectivity index (χ1v) is 6.01. The summed E-state index contributed by atoms with van der Waals surface area (Å²) in [5.74, 6) is 0.766. The minimum absolute atomic E-state index is 0.270. The van der Waals surface area contributed by atoms with Gasteiger partial charge in [0.15, 0.2) is 0 Å². The maximum absolute atomic E-state index is 10.8. The molecule has 1 aromatic carbocycles.